The van der Waals surface area contributed by atoms with Crippen LogP contribution in [-0.4, -0.2) is 32.8 Å². The fourth-order valence-electron chi connectivity index (χ4n) is 1.86. The minimum Gasteiger partial charge on any atom is -0.480 e. The molecule has 1 aromatic heterocycles. The smallest absolute Gasteiger partial charge is 0.317 e. The standard InChI is InChI=1S/C13H14BrN3O3/c1-9-12(16-20-15-9)7-17(8-13(18)19)6-10-3-2-4-11(14)5-10/h2-5H,6-8H2,1H3,(H,18,19). The van der Waals surface area contributed by atoms with Gasteiger partial charge in [-0.15, -0.1) is 0 Å². The molecule has 1 aromatic carbocycles. The van der Waals surface area contributed by atoms with Crippen LogP contribution < -0.4 is 0 Å². The molecule has 0 saturated carbocycles. The van der Waals surface area contributed by atoms with Crippen molar-refractivity contribution in [2.24, 2.45) is 0 Å². The summed E-state index contributed by atoms with van der Waals surface area (Å²) in [7, 11) is 0. The summed E-state index contributed by atoms with van der Waals surface area (Å²) >= 11 is 3.40. The van der Waals surface area contributed by atoms with Gasteiger partial charge in [0.25, 0.3) is 0 Å². The third-order valence-electron chi connectivity index (χ3n) is 2.77. The number of aryl methyl sites for hydroxylation is 1. The fraction of sp³-hybridized carbons (Fsp3) is 0.308. The number of benzene rings is 1. The Morgan fingerprint density at radius 1 is 1.40 bits per heavy atom. The molecule has 7 heteroatoms. The van der Waals surface area contributed by atoms with E-state index in [4.69, 9.17) is 5.11 Å². The highest BCUT2D eigenvalue weighted by atomic mass is 79.9. The first-order chi connectivity index (χ1) is 9.54. The molecule has 0 fully saturated rings. The van der Waals surface area contributed by atoms with E-state index >= 15 is 0 Å². The third kappa shape index (κ3) is 4.14. The largest absolute Gasteiger partial charge is 0.480 e. The summed E-state index contributed by atoms with van der Waals surface area (Å²) in [6.07, 6.45) is 0. The van der Waals surface area contributed by atoms with Crippen LogP contribution >= 0.6 is 15.9 Å². The zero-order valence-corrected chi connectivity index (χ0v) is 12.5. The van der Waals surface area contributed by atoms with Gasteiger partial charge in [-0.1, -0.05) is 38.4 Å². The molecule has 0 radical (unpaired) electrons. The summed E-state index contributed by atoms with van der Waals surface area (Å²) in [4.78, 5) is 12.7. The van der Waals surface area contributed by atoms with Crippen molar-refractivity contribution in [1.29, 1.82) is 0 Å². The Morgan fingerprint density at radius 3 is 2.80 bits per heavy atom. The predicted octanol–water partition coefficient (Wildman–Crippen LogP) is 2.23. The van der Waals surface area contributed by atoms with Gasteiger partial charge in [0, 0.05) is 17.6 Å². The molecule has 1 heterocycles. The molecule has 0 atom stereocenters. The van der Waals surface area contributed by atoms with Crippen molar-refractivity contribution < 1.29 is 14.5 Å². The van der Waals surface area contributed by atoms with E-state index in [2.05, 4.69) is 30.9 Å². The number of hydrogen-bond donors (Lipinski definition) is 1. The van der Waals surface area contributed by atoms with Crippen LogP contribution in [0.5, 0.6) is 0 Å². The van der Waals surface area contributed by atoms with Crippen molar-refractivity contribution in [3.05, 3.63) is 45.7 Å². The number of carbonyl (C=O) groups is 1. The predicted molar refractivity (Wildman–Crippen MR) is 74.9 cm³/mol. The summed E-state index contributed by atoms with van der Waals surface area (Å²) in [5, 5.41) is 16.5. The molecule has 0 spiro atoms. The number of carboxylic acid groups (broad SMARTS) is 1. The van der Waals surface area contributed by atoms with E-state index in [-0.39, 0.29) is 6.54 Å². The minimum absolute atomic E-state index is 0.0706. The molecule has 20 heavy (non-hydrogen) atoms. The number of hydrogen-bond acceptors (Lipinski definition) is 5. The second-order valence-electron chi connectivity index (χ2n) is 4.47. The summed E-state index contributed by atoms with van der Waals surface area (Å²) in [6.45, 7) is 2.61. The van der Waals surface area contributed by atoms with E-state index in [0.717, 1.165) is 10.0 Å². The van der Waals surface area contributed by atoms with Crippen LogP contribution in [-0.2, 0) is 17.9 Å². The van der Waals surface area contributed by atoms with Crippen molar-refractivity contribution in [1.82, 2.24) is 15.2 Å². The summed E-state index contributed by atoms with van der Waals surface area (Å²) in [6, 6.07) is 7.76. The number of carboxylic acids is 1. The number of halogens is 1. The van der Waals surface area contributed by atoms with Crippen molar-refractivity contribution >= 4 is 21.9 Å². The Balaban J connectivity index is 2.11. The number of rotatable bonds is 6. The lowest BCUT2D eigenvalue weighted by molar-refractivity contribution is -0.138. The second kappa shape index (κ2) is 6.62. The number of aliphatic carboxylic acids is 1. The van der Waals surface area contributed by atoms with Gasteiger partial charge in [-0.25, -0.2) is 4.63 Å². The van der Waals surface area contributed by atoms with Gasteiger partial charge in [-0.05, 0) is 24.6 Å². The Bertz CT molecular complexity index is 600. The van der Waals surface area contributed by atoms with Crippen molar-refractivity contribution in [2.45, 2.75) is 20.0 Å². The average molecular weight is 340 g/mol. The lowest BCUT2D eigenvalue weighted by Gasteiger charge is -2.19. The van der Waals surface area contributed by atoms with Gasteiger partial charge in [0.1, 0.15) is 11.4 Å². The number of aromatic nitrogens is 2. The first-order valence-electron chi connectivity index (χ1n) is 6.01. The summed E-state index contributed by atoms with van der Waals surface area (Å²) in [5.41, 5.74) is 2.35. The lowest BCUT2D eigenvalue weighted by atomic mass is 10.2. The van der Waals surface area contributed by atoms with Crippen LogP contribution in [0.15, 0.2) is 33.4 Å². The Labute approximate surface area is 124 Å². The van der Waals surface area contributed by atoms with Crippen LogP contribution in [0, 0.1) is 6.92 Å². The molecule has 0 aliphatic heterocycles. The van der Waals surface area contributed by atoms with Crippen molar-refractivity contribution in [2.75, 3.05) is 6.54 Å². The van der Waals surface area contributed by atoms with E-state index in [0.29, 0.717) is 24.5 Å². The molecule has 0 aliphatic rings. The molecular weight excluding hydrogens is 326 g/mol. The fourth-order valence-corrected chi connectivity index (χ4v) is 2.30. The van der Waals surface area contributed by atoms with E-state index in [9.17, 15) is 4.79 Å². The quantitative estimate of drug-likeness (QED) is 0.869. The molecule has 0 amide bonds. The first kappa shape index (κ1) is 14.7. The molecule has 2 aromatic rings. The van der Waals surface area contributed by atoms with Crippen LogP contribution in [0.4, 0.5) is 0 Å². The van der Waals surface area contributed by atoms with Gasteiger partial charge in [0.2, 0.25) is 0 Å². The zero-order valence-electron chi connectivity index (χ0n) is 10.9. The molecule has 106 valence electrons. The van der Waals surface area contributed by atoms with Gasteiger partial charge in [-0.3, -0.25) is 9.69 Å². The molecule has 1 N–H and O–H groups in total. The van der Waals surface area contributed by atoms with Crippen LogP contribution in [0.3, 0.4) is 0 Å². The number of nitrogens with zero attached hydrogens (tertiary/aromatic N) is 3. The Kier molecular flexibility index (Phi) is 4.86. The average Bonchev–Trinajstić information content (AvgIpc) is 2.74. The van der Waals surface area contributed by atoms with Crippen LogP contribution in [0.2, 0.25) is 0 Å². The normalized spacial score (nSPS) is 10.9. The SMILES string of the molecule is Cc1nonc1CN(CC(=O)O)Cc1cccc(Br)c1. The monoisotopic (exact) mass is 339 g/mol. The van der Waals surface area contributed by atoms with Gasteiger partial charge in [0.15, 0.2) is 0 Å². The van der Waals surface area contributed by atoms with E-state index < -0.39 is 5.97 Å². The van der Waals surface area contributed by atoms with E-state index in [1.807, 2.05) is 24.3 Å². The minimum atomic E-state index is -0.880. The third-order valence-corrected chi connectivity index (χ3v) is 3.27. The van der Waals surface area contributed by atoms with E-state index in [1.54, 1.807) is 11.8 Å². The Hall–Kier alpha value is -1.73. The summed E-state index contributed by atoms with van der Waals surface area (Å²) < 4.78 is 5.60. The molecule has 0 bridgehead atoms. The van der Waals surface area contributed by atoms with E-state index in [1.165, 1.54) is 0 Å². The van der Waals surface area contributed by atoms with Crippen LogP contribution in [0.1, 0.15) is 17.0 Å². The molecule has 0 saturated heterocycles. The molecule has 0 unspecified atom stereocenters. The highest BCUT2D eigenvalue weighted by molar-refractivity contribution is 9.10. The Morgan fingerprint density at radius 2 is 2.20 bits per heavy atom. The molecular formula is C13H14BrN3O3. The van der Waals surface area contributed by atoms with Crippen LogP contribution in [0.25, 0.3) is 0 Å². The maximum atomic E-state index is 11.0. The first-order valence-corrected chi connectivity index (χ1v) is 6.80. The second-order valence-corrected chi connectivity index (χ2v) is 5.38. The summed E-state index contributed by atoms with van der Waals surface area (Å²) in [5.74, 6) is -0.880. The topological polar surface area (TPSA) is 79.5 Å². The molecule has 0 aliphatic carbocycles. The zero-order chi connectivity index (χ0) is 14.5. The molecule has 2 rings (SSSR count). The molecule has 6 nitrogen and oxygen atoms in total. The lowest BCUT2D eigenvalue weighted by Crippen LogP contribution is -2.29. The van der Waals surface area contributed by atoms with Gasteiger partial charge < -0.3 is 5.11 Å². The van der Waals surface area contributed by atoms with Gasteiger partial charge in [-0.2, -0.15) is 0 Å². The van der Waals surface area contributed by atoms with Crippen molar-refractivity contribution in [3.8, 4) is 0 Å². The van der Waals surface area contributed by atoms with Crippen molar-refractivity contribution in [3.63, 3.8) is 0 Å². The maximum absolute atomic E-state index is 11.0. The highest BCUT2D eigenvalue weighted by Gasteiger charge is 2.15. The van der Waals surface area contributed by atoms with Gasteiger partial charge >= 0.3 is 5.97 Å². The highest BCUT2D eigenvalue weighted by Crippen LogP contribution is 2.15. The van der Waals surface area contributed by atoms with Gasteiger partial charge in [0.05, 0.1) is 6.54 Å². The maximum Gasteiger partial charge on any atom is 0.317 e.